The van der Waals surface area contributed by atoms with E-state index in [9.17, 15) is 9.59 Å². The molecule has 0 radical (unpaired) electrons. The summed E-state index contributed by atoms with van der Waals surface area (Å²) in [4.78, 5) is 31.5. The number of imidazole rings is 1. The number of anilines is 1. The van der Waals surface area contributed by atoms with E-state index < -0.39 is 0 Å². The Hall–Kier alpha value is -3.58. The Kier molecular flexibility index (Phi) is 5.77. The molecule has 4 aromatic rings. The molecule has 1 heterocycles. The van der Waals surface area contributed by atoms with Gasteiger partial charge < -0.3 is 10.2 Å². The van der Waals surface area contributed by atoms with E-state index in [4.69, 9.17) is 0 Å². The van der Waals surface area contributed by atoms with Crippen molar-refractivity contribution in [1.82, 2.24) is 14.5 Å². The minimum absolute atomic E-state index is 0.0460. The van der Waals surface area contributed by atoms with E-state index in [1.54, 1.807) is 38.4 Å². The summed E-state index contributed by atoms with van der Waals surface area (Å²) in [6, 6.07) is 22.7. The molecule has 3 aromatic carbocycles. The molecule has 156 valence electrons. The average molecular weight is 431 g/mol. The van der Waals surface area contributed by atoms with Gasteiger partial charge in [0.1, 0.15) is 5.82 Å². The molecule has 4 rings (SSSR count). The molecule has 0 fully saturated rings. The minimum atomic E-state index is -0.210. The van der Waals surface area contributed by atoms with Crippen LogP contribution >= 0.6 is 11.8 Å². The molecule has 6 nitrogen and oxygen atoms in total. The van der Waals surface area contributed by atoms with Crippen molar-refractivity contribution >= 4 is 39.6 Å². The number of nitrogens with zero attached hydrogens (tertiary/aromatic N) is 3. The van der Waals surface area contributed by atoms with Crippen LogP contribution in [0, 0.1) is 6.92 Å². The third kappa shape index (κ3) is 4.46. The predicted octanol–water partition coefficient (Wildman–Crippen LogP) is 5.36. The largest absolute Gasteiger partial charge is 0.339 e. The molecule has 31 heavy (non-hydrogen) atoms. The Bertz CT molecular complexity index is 1250. The molecule has 0 aliphatic carbocycles. The Morgan fingerprint density at radius 3 is 2.35 bits per heavy atom. The molecule has 7 heteroatoms. The minimum Gasteiger partial charge on any atom is -0.339 e. The lowest BCUT2D eigenvalue weighted by Crippen LogP contribution is -2.16. The van der Waals surface area contributed by atoms with E-state index in [1.807, 2.05) is 55.5 Å². The fourth-order valence-corrected chi connectivity index (χ4v) is 3.90. The number of aromatic nitrogens is 2. The van der Waals surface area contributed by atoms with Crippen LogP contribution in [0.2, 0.25) is 0 Å². The van der Waals surface area contributed by atoms with Gasteiger partial charge in [0.15, 0.2) is 0 Å². The summed E-state index contributed by atoms with van der Waals surface area (Å²) in [5.41, 5.74) is 3.95. The number of amides is 2. The van der Waals surface area contributed by atoms with E-state index in [2.05, 4.69) is 14.9 Å². The van der Waals surface area contributed by atoms with Crippen LogP contribution in [0.4, 0.5) is 10.5 Å². The standard InChI is InChI=1S/C24H22N4O2S/c1-16-25-21-15-17(9-14-22(21)28(16)19-7-5-4-6-8-19)23(29)26-18-10-12-20(13-11-18)31-24(30)27(2)3/h4-15H,1-3H3,(H,26,29). The van der Waals surface area contributed by atoms with Gasteiger partial charge in [0.05, 0.1) is 11.0 Å². The van der Waals surface area contributed by atoms with Gasteiger partial charge in [-0.2, -0.15) is 0 Å². The van der Waals surface area contributed by atoms with Gasteiger partial charge in [-0.3, -0.25) is 14.2 Å². The summed E-state index contributed by atoms with van der Waals surface area (Å²) in [6.07, 6.45) is 0. The first kappa shape index (κ1) is 20.7. The number of thioether (sulfide) groups is 1. The van der Waals surface area contributed by atoms with Gasteiger partial charge in [-0.05, 0) is 73.3 Å². The molecule has 0 spiro atoms. The van der Waals surface area contributed by atoms with Crippen LogP contribution in [-0.4, -0.2) is 39.7 Å². The second kappa shape index (κ2) is 8.65. The number of hydrogen-bond donors (Lipinski definition) is 1. The second-order valence-corrected chi connectivity index (χ2v) is 8.30. The first-order valence-corrected chi connectivity index (χ1v) is 10.6. The van der Waals surface area contributed by atoms with Crippen molar-refractivity contribution in [3.8, 4) is 5.69 Å². The first-order valence-electron chi connectivity index (χ1n) is 9.77. The molecule has 0 atom stereocenters. The van der Waals surface area contributed by atoms with Crippen molar-refractivity contribution in [1.29, 1.82) is 0 Å². The lowest BCUT2D eigenvalue weighted by molar-refractivity contribution is 0.102. The highest BCUT2D eigenvalue weighted by atomic mass is 32.2. The van der Waals surface area contributed by atoms with Crippen molar-refractivity contribution in [2.24, 2.45) is 0 Å². The Morgan fingerprint density at radius 2 is 1.68 bits per heavy atom. The second-order valence-electron chi connectivity index (χ2n) is 7.27. The molecule has 0 unspecified atom stereocenters. The maximum atomic E-state index is 12.8. The van der Waals surface area contributed by atoms with Crippen LogP contribution in [0.15, 0.2) is 77.7 Å². The molecule has 0 saturated heterocycles. The highest BCUT2D eigenvalue weighted by Crippen LogP contribution is 2.24. The first-order chi connectivity index (χ1) is 14.9. The molecular formula is C24H22N4O2S. The Morgan fingerprint density at radius 1 is 0.968 bits per heavy atom. The van der Waals surface area contributed by atoms with Gasteiger partial charge in [0.2, 0.25) is 0 Å². The zero-order valence-corrected chi connectivity index (χ0v) is 18.3. The summed E-state index contributed by atoms with van der Waals surface area (Å²) >= 11 is 1.14. The highest BCUT2D eigenvalue weighted by Gasteiger charge is 2.13. The van der Waals surface area contributed by atoms with E-state index in [-0.39, 0.29) is 11.1 Å². The molecule has 0 aliphatic rings. The number of carbonyl (C=O) groups is 2. The molecule has 1 aromatic heterocycles. The van der Waals surface area contributed by atoms with Gasteiger partial charge in [0, 0.05) is 35.9 Å². The maximum absolute atomic E-state index is 12.8. The van der Waals surface area contributed by atoms with Gasteiger partial charge in [-0.25, -0.2) is 4.98 Å². The maximum Gasteiger partial charge on any atom is 0.285 e. The van der Waals surface area contributed by atoms with Crippen LogP contribution in [0.3, 0.4) is 0 Å². The third-order valence-corrected chi connectivity index (χ3v) is 5.83. The normalized spacial score (nSPS) is 10.8. The fourth-order valence-electron chi connectivity index (χ4n) is 3.25. The monoisotopic (exact) mass is 430 g/mol. The Labute approximate surface area is 184 Å². The van der Waals surface area contributed by atoms with Crippen molar-refractivity contribution in [2.45, 2.75) is 11.8 Å². The van der Waals surface area contributed by atoms with Gasteiger partial charge >= 0.3 is 0 Å². The number of hydrogen-bond acceptors (Lipinski definition) is 4. The van der Waals surface area contributed by atoms with E-state index >= 15 is 0 Å². The smallest absolute Gasteiger partial charge is 0.285 e. The average Bonchev–Trinajstić information content (AvgIpc) is 3.10. The van der Waals surface area contributed by atoms with Crippen LogP contribution in [-0.2, 0) is 0 Å². The summed E-state index contributed by atoms with van der Waals surface area (Å²) in [6.45, 7) is 1.95. The van der Waals surface area contributed by atoms with E-state index in [0.29, 0.717) is 11.3 Å². The van der Waals surface area contributed by atoms with E-state index in [0.717, 1.165) is 39.2 Å². The number of aryl methyl sites for hydroxylation is 1. The van der Waals surface area contributed by atoms with E-state index in [1.165, 1.54) is 4.90 Å². The zero-order chi connectivity index (χ0) is 22.0. The summed E-state index contributed by atoms with van der Waals surface area (Å²) in [5.74, 6) is 0.651. The molecule has 0 bridgehead atoms. The number of para-hydroxylation sites is 1. The lowest BCUT2D eigenvalue weighted by atomic mass is 10.1. The molecule has 0 aliphatic heterocycles. The van der Waals surface area contributed by atoms with Crippen molar-refractivity contribution < 1.29 is 9.59 Å². The summed E-state index contributed by atoms with van der Waals surface area (Å²) in [5, 5.41) is 2.86. The van der Waals surface area contributed by atoms with Crippen molar-refractivity contribution in [2.75, 3.05) is 19.4 Å². The SMILES string of the molecule is Cc1nc2cc(C(=O)Nc3ccc(SC(=O)N(C)C)cc3)ccc2n1-c1ccccc1. The number of rotatable bonds is 4. The number of nitrogens with one attached hydrogen (secondary N) is 1. The third-order valence-electron chi connectivity index (χ3n) is 4.78. The van der Waals surface area contributed by atoms with Crippen molar-refractivity contribution in [3.05, 3.63) is 84.2 Å². The number of fused-ring (bicyclic) bond motifs is 1. The molecule has 2 amide bonds. The topological polar surface area (TPSA) is 67.2 Å². The molecule has 0 saturated carbocycles. The summed E-state index contributed by atoms with van der Waals surface area (Å²) in [7, 11) is 3.43. The van der Waals surface area contributed by atoms with Crippen molar-refractivity contribution in [3.63, 3.8) is 0 Å². The lowest BCUT2D eigenvalue weighted by Gasteiger charge is -2.10. The predicted molar refractivity (Wildman–Crippen MR) is 125 cm³/mol. The van der Waals surface area contributed by atoms with Gasteiger partial charge in [-0.15, -0.1) is 0 Å². The number of benzene rings is 3. The van der Waals surface area contributed by atoms with Gasteiger partial charge in [0.25, 0.3) is 11.1 Å². The van der Waals surface area contributed by atoms with Crippen LogP contribution in [0.25, 0.3) is 16.7 Å². The fraction of sp³-hybridized carbons (Fsp3) is 0.125. The van der Waals surface area contributed by atoms with Gasteiger partial charge in [-0.1, -0.05) is 18.2 Å². The Balaban J connectivity index is 1.53. The van der Waals surface area contributed by atoms with Crippen LogP contribution in [0.5, 0.6) is 0 Å². The number of carbonyl (C=O) groups excluding carboxylic acids is 2. The molecular weight excluding hydrogens is 408 g/mol. The highest BCUT2D eigenvalue weighted by molar-refractivity contribution is 8.13. The van der Waals surface area contributed by atoms with Crippen LogP contribution < -0.4 is 5.32 Å². The quantitative estimate of drug-likeness (QED) is 0.443. The zero-order valence-electron chi connectivity index (χ0n) is 17.5. The van der Waals surface area contributed by atoms with Crippen LogP contribution in [0.1, 0.15) is 16.2 Å². The summed E-state index contributed by atoms with van der Waals surface area (Å²) < 4.78 is 2.07. The molecule has 1 N–H and O–H groups in total.